The Morgan fingerprint density at radius 2 is 1.38 bits per heavy atom. The third-order valence-electron chi connectivity index (χ3n) is 3.59. The minimum absolute atomic E-state index is 0.521. The predicted molar refractivity (Wildman–Crippen MR) is 73.9 cm³/mol. The van der Waals surface area contributed by atoms with Gasteiger partial charge < -0.3 is 5.73 Å². The second kappa shape index (κ2) is 9.79. The van der Waals surface area contributed by atoms with Crippen molar-refractivity contribution in [3.8, 4) is 11.7 Å². The van der Waals surface area contributed by atoms with Crippen molar-refractivity contribution in [3.63, 3.8) is 0 Å². The Morgan fingerprint density at radius 3 is 1.88 bits per heavy atom. The molecule has 0 saturated heterocycles. The van der Waals surface area contributed by atoms with E-state index < -0.39 is 0 Å². The first-order valence-electron chi connectivity index (χ1n) is 7.09. The highest BCUT2D eigenvalue weighted by Crippen LogP contribution is 2.24. The molecule has 2 heteroatoms. The quantitative estimate of drug-likeness (QED) is 0.532. The Balaban J connectivity index is 2.27. The summed E-state index contributed by atoms with van der Waals surface area (Å²) in [4.78, 5) is 0. The average molecular weight is 219 g/mol. The lowest BCUT2D eigenvalue weighted by Crippen LogP contribution is -2.03. The summed E-state index contributed by atoms with van der Waals surface area (Å²) < 4.78 is 0. The molecule has 0 aliphatic heterocycles. The van der Waals surface area contributed by atoms with Gasteiger partial charge in [-0.1, -0.05) is 70.0 Å². The van der Waals surface area contributed by atoms with Gasteiger partial charge in [0.25, 0.3) is 0 Å². The van der Waals surface area contributed by atoms with Gasteiger partial charge in [-0.2, -0.15) is 5.82 Å². The van der Waals surface area contributed by atoms with Crippen LogP contribution in [0.5, 0.6) is 0 Å². The van der Waals surface area contributed by atoms with Crippen LogP contribution in [-0.2, 0) is 0 Å². The molecule has 90 valence electrons. The standard InChI is InChI=1S/C14H26BN/c16-13-9-12-15-14-10-7-5-3-1-2-4-6-8-11-14/h14-15H,1-8,10-11,13,16H2. The highest BCUT2D eigenvalue weighted by atomic mass is 14.5. The first kappa shape index (κ1) is 13.6. The van der Waals surface area contributed by atoms with Crippen LogP contribution in [0.15, 0.2) is 0 Å². The van der Waals surface area contributed by atoms with Crippen molar-refractivity contribution >= 4 is 7.28 Å². The third kappa shape index (κ3) is 6.96. The number of rotatable bonds is 1. The molecule has 0 radical (unpaired) electrons. The lowest BCUT2D eigenvalue weighted by Gasteiger charge is -2.12. The van der Waals surface area contributed by atoms with E-state index in [9.17, 15) is 0 Å². The Kier molecular flexibility index (Phi) is 8.35. The Morgan fingerprint density at radius 1 is 0.875 bits per heavy atom. The fraction of sp³-hybridized carbons (Fsp3) is 0.857. The lowest BCUT2D eigenvalue weighted by atomic mass is 9.61. The number of nitrogens with two attached hydrogens (primary N) is 1. The molecule has 2 N–H and O–H groups in total. The second-order valence-electron chi connectivity index (χ2n) is 5.03. The summed E-state index contributed by atoms with van der Waals surface area (Å²) in [6, 6.07) is 0. The Labute approximate surface area is 102 Å². The smallest absolute Gasteiger partial charge is 0.216 e. The van der Waals surface area contributed by atoms with E-state index in [1.807, 2.05) is 0 Å². The van der Waals surface area contributed by atoms with Crippen molar-refractivity contribution < 1.29 is 0 Å². The third-order valence-corrected chi connectivity index (χ3v) is 3.59. The van der Waals surface area contributed by atoms with Crippen LogP contribution >= 0.6 is 0 Å². The van der Waals surface area contributed by atoms with E-state index >= 15 is 0 Å². The molecule has 0 amide bonds. The molecule has 0 aromatic rings. The summed E-state index contributed by atoms with van der Waals surface area (Å²) >= 11 is 0. The second-order valence-corrected chi connectivity index (χ2v) is 5.03. The largest absolute Gasteiger partial charge is 0.320 e. The molecule has 0 bridgehead atoms. The van der Waals surface area contributed by atoms with Crippen molar-refractivity contribution in [2.45, 2.75) is 70.0 Å². The van der Waals surface area contributed by atoms with Crippen molar-refractivity contribution in [1.29, 1.82) is 0 Å². The number of hydrogen-bond donors (Lipinski definition) is 1. The summed E-state index contributed by atoms with van der Waals surface area (Å²) in [5, 5.41) is 0. The molecule has 1 fully saturated rings. The van der Waals surface area contributed by atoms with Gasteiger partial charge >= 0.3 is 0 Å². The molecular formula is C14H26BN. The lowest BCUT2D eigenvalue weighted by molar-refractivity contribution is 0.582. The fourth-order valence-electron chi connectivity index (χ4n) is 2.56. The van der Waals surface area contributed by atoms with Gasteiger partial charge in [-0.25, -0.2) is 0 Å². The van der Waals surface area contributed by atoms with Gasteiger partial charge in [0.2, 0.25) is 7.28 Å². The van der Waals surface area contributed by atoms with E-state index in [1.54, 1.807) is 0 Å². The van der Waals surface area contributed by atoms with Gasteiger partial charge in [0.1, 0.15) is 0 Å². The monoisotopic (exact) mass is 219 g/mol. The average Bonchev–Trinajstić information content (AvgIpc) is 2.35. The van der Waals surface area contributed by atoms with Gasteiger partial charge in [-0.15, -0.1) is 5.92 Å². The van der Waals surface area contributed by atoms with E-state index in [4.69, 9.17) is 5.73 Å². The summed E-state index contributed by atoms with van der Waals surface area (Å²) in [6.45, 7) is 0.521. The van der Waals surface area contributed by atoms with E-state index in [-0.39, 0.29) is 0 Å². The van der Waals surface area contributed by atoms with E-state index in [0.717, 1.165) is 13.1 Å². The Hall–Kier alpha value is -0.415. The molecule has 1 nitrogen and oxygen atoms in total. The zero-order valence-corrected chi connectivity index (χ0v) is 10.6. The first-order chi connectivity index (χ1) is 7.93. The molecule has 0 spiro atoms. The molecule has 16 heavy (non-hydrogen) atoms. The minimum atomic E-state index is 0.521. The topological polar surface area (TPSA) is 26.0 Å². The summed E-state index contributed by atoms with van der Waals surface area (Å²) in [5.41, 5.74) is 5.39. The normalized spacial score (nSPS) is 20.3. The zero-order chi connectivity index (χ0) is 11.5. The summed E-state index contributed by atoms with van der Waals surface area (Å²) in [6.07, 6.45) is 14.3. The Bertz CT molecular complexity index is 205. The maximum absolute atomic E-state index is 5.39. The maximum Gasteiger partial charge on any atom is 0.216 e. The van der Waals surface area contributed by atoms with Crippen molar-refractivity contribution in [1.82, 2.24) is 0 Å². The van der Waals surface area contributed by atoms with Crippen molar-refractivity contribution in [2.24, 2.45) is 5.73 Å². The number of hydrogen-bond acceptors (Lipinski definition) is 1. The molecule has 0 aromatic carbocycles. The van der Waals surface area contributed by atoms with E-state index in [1.165, 1.54) is 64.2 Å². The van der Waals surface area contributed by atoms with Gasteiger partial charge in [-0.05, 0) is 0 Å². The van der Waals surface area contributed by atoms with Crippen LogP contribution in [-0.4, -0.2) is 13.8 Å². The summed E-state index contributed by atoms with van der Waals surface area (Å²) in [7, 11) is 1.08. The molecule has 0 atom stereocenters. The predicted octanol–water partition coefficient (Wildman–Crippen LogP) is 3.05. The fourth-order valence-corrected chi connectivity index (χ4v) is 2.56. The highest BCUT2D eigenvalue weighted by molar-refractivity contribution is 6.47. The molecule has 0 heterocycles. The van der Waals surface area contributed by atoms with Crippen molar-refractivity contribution in [3.05, 3.63) is 0 Å². The molecular weight excluding hydrogens is 193 g/mol. The first-order valence-corrected chi connectivity index (χ1v) is 7.09. The van der Waals surface area contributed by atoms with Gasteiger partial charge in [0, 0.05) is 0 Å². The van der Waals surface area contributed by atoms with Crippen molar-refractivity contribution in [2.75, 3.05) is 6.54 Å². The molecule has 1 aliphatic rings. The van der Waals surface area contributed by atoms with Crippen LogP contribution in [0.2, 0.25) is 5.82 Å². The maximum atomic E-state index is 5.39. The molecule has 1 aliphatic carbocycles. The van der Waals surface area contributed by atoms with Crippen LogP contribution in [0.3, 0.4) is 0 Å². The minimum Gasteiger partial charge on any atom is -0.320 e. The molecule has 0 unspecified atom stereocenters. The van der Waals surface area contributed by atoms with Crippen LogP contribution in [0.25, 0.3) is 0 Å². The molecule has 1 saturated carbocycles. The highest BCUT2D eigenvalue weighted by Gasteiger charge is 2.09. The van der Waals surface area contributed by atoms with Gasteiger partial charge in [-0.3, -0.25) is 0 Å². The van der Waals surface area contributed by atoms with Crippen LogP contribution in [0, 0.1) is 11.7 Å². The van der Waals surface area contributed by atoms with Crippen LogP contribution < -0.4 is 5.73 Å². The molecule has 0 aromatic heterocycles. The summed E-state index contributed by atoms with van der Waals surface area (Å²) in [5.74, 6) is 7.07. The van der Waals surface area contributed by atoms with Crippen LogP contribution in [0.1, 0.15) is 64.2 Å². The van der Waals surface area contributed by atoms with Gasteiger partial charge in [0.15, 0.2) is 0 Å². The zero-order valence-electron chi connectivity index (χ0n) is 10.6. The van der Waals surface area contributed by atoms with Gasteiger partial charge in [0.05, 0.1) is 6.54 Å². The molecule has 1 rings (SSSR count). The SMILES string of the molecule is NCC#CBC1CCCCCCCCCC1. The van der Waals surface area contributed by atoms with E-state index in [2.05, 4.69) is 11.7 Å². The van der Waals surface area contributed by atoms with Crippen LogP contribution in [0.4, 0.5) is 0 Å². The van der Waals surface area contributed by atoms with E-state index in [0.29, 0.717) is 6.54 Å².